The van der Waals surface area contributed by atoms with Crippen molar-refractivity contribution in [2.45, 2.75) is 38.0 Å². The molecule has 3 nitrogen and oxygen atoms in total. The quantitative estimate of drug-likeness (QED) is 0.558. The second kappa shape index (κ2) is 7.55. The van der Waals surface area contributed by atoms with Gasteiger partial charge in [-0.1, -0.05) is 37.1 Å². The summed E-state index contributed by atoms with van der Waals surface area (Å²) in [5, 5.41) is 0. The van der Waals surface area contributed by atoms with E-state index in [1.54, 1.807) is 6.07 Å². The summed E-state index contributed by atoms with van der Waals surface area (Å²) in [5.74, 6) is 1.53. The van der Waals surface area contributed by atoms with E-state index in [-0.39, 0.29) is 5.82 Å². The van der Waals surface area contributed by atoms with Gasteiger partial charge in [0.1, 0.15) is 5.82 Å². The second-order valence-corrected chi connectivity index (χ2v) is 8.40. The lowest BCUT2D eigenvalue weighted by Crippen LogP contribution is -2.31. The van der Waals surface area contributed by atoms with Gasteiger partial charge in [0.15, 0.2) is 0 Å². The topological polar surface area (TPSA) is 38.7 Å². The van der Waals surface area contributed by atoms with Crippen molar-refractivity contribution in [2.24, 2.45) is 11.8 Å². The van der Waals surface area contributed by atoms with Crippen LogP contribution in [0.15, 0.2) is 48.7 Å². The third-order valence-corrected chi connectivity index (χ3v) is 6.79. The number of hydrogen-bond acceptors (Lipinski definition) is 4. The molecule has 28 heavy (non-hydrogen) atoms. The van der Waals surface area contributed by atoms with Crippen molar-refractivity contribution in [1.82, 2.24) is 13.7 Å². The third kappa shape index (κ3) is 3.39. The van der Waals surface area contributed by atoms with Gasteiger partial charge in [0.25, 0.3) is 0 Å². The number of rotatable bonds is 3. The van der Waals surface area contributed by atoms with Gasteiger partial charge in [0.05, 0.1) is 28.8 Å². The molecule has 5 rings (SSSR count). The van der Waals surface area contributed by atoms with Gasteiger partial charge < -0.3 is 0 Å². The van der Waals surface area contributed by atoms with Crippen molar-refractivity contribution in [3.05, 3.63) is 71.6 Å². The Labute approximate surface area is 168 Å². The minimum Gasteiger partial charge on any atom is -0.256 e. The molecule has 2 heterocycles. The molecule has 5 heteroatoms. The summed E-state index contributed by atoms with van der Waals surface area (Å²) in [4.78, 5) is 4.57. The zero-order valence-corrected chi connectivity index (χ0v) is 16.4. The SMILES string of the molecule is Fc1cccc(-c2ccc(/C=C/C3c4nsnc4CC4CCCCC43)nc2)c1. The van der Waals surface area contributed by atoms with Crippen LogP contribution in [-0.4, -0.2) is 13.7 Å². The average Bonchev–Trinajstić information content (AvgIpc) is 3.20. The largest absolute Gasteiger partial charge is 0.256 e. The van der Waals surface area contributed by atoms with Crippen LogP contribution in [0.1, 0.15) is 48.7 Å². The summed E-state index contributed by atoms with van der Waals surface area (Å²) in [6.45, 7) is 0. The average molecular weight is 392 g/mol. The summed E-state index contributed by atoms with van der Waals surface area (Å²) in [7, 11) is 0. The predicted molar refractivity (Wildman–Crippen MR) is 110 cm³/mol. The van der Waals surface area contributed by atoms with E-state index in [1.165, 1.54) is 60.9 Å². The summed E-state index contributed by atoms with van der Waals surface area (Å²) in [6, 6.07) is 10.6. The van der Waals surface area contributed by atoms with E-state index >= 15 is 0 Å². The van der Waals surface area contributed by atoms with E-state index in [4.69, 9.17) is 0 Å². The van der Waals surface area contributed by atoms with Crippen LogP contribution in [0.25, 0.3) is 17.2 Å². The van der Waals surface area contributed by atoms with Crippen LogP contribution in [0, 0.1) is 17.7 Å². The molecule has 142 valence electrons. The van der Waals surface area contributed by atoms with Crippen LogP contribution in [0.5, 0.6) is 0 Å². The zero-order valence-electron chi connectivity index (χ0n) is 15.6. The highest BCUT2D eigenvalue weighted by Crippen LogP contribution is 2.46. The fourth-order valence-electron chi connectivity index (χ4n) is 4.80. The first kappa shape index (κ1) is 17.7. The zero-order chi connectivity index (χ0) is 18.9. The summed E-state index contributed by atoms with van der Waals surface area (Å²) in [5.41, 5.74) is 5.08. The van der Waals surface area contributed by atoms with Gasteiger partial charge in [-0.3, -0.25) is 4.98 Å². The van der Waals surface area contributed by atoms with E-state index in [1.807, 2.05) is 24.4 Å². The van der Waals surface area contributed by atoms with Gasteiger partial charge in [0, 0.05) is 17.7 Å². The molecule has 0 aliphatic heterocycles. The maximum absolute atomic E-state index is 13.4. The monoisotopic (exact) mass is 391 g/mol. The van der Waals surface area contributed by atoms with Gasteiger partial charge in [-0.05, 0) is 60.9 Å². The van der Waals surface area contributed by atoms with Crippen LogP contribution in [0.3, 0.4) is 0 Å². The standard InChI is InChI=1S/C23H22FN3S/c24-18-6-3-5-15(12-18)17-8-9-19(25-14-17)10-11-21-20-7-2-1-4-16(20)13-22-23(21)27-28-26-22/h3,5-6,8-12,14,16,20-21H,1-2,4,7,13H2/b11-10+. The Hall–Kier alpha value is -2.40. The molecule has 2 aromatic heterocycles. The van der Waals surface area contributed by atoms with Crippen LogP contribution < -0.4 is 0 Å². The van der Waals surface area contributed by atoms with E-state index in [2.05, 4.69) is 25.9 Å². The molecule has 0 saturated heterocycles. The number of allylic oxidation sites excluding steroid dienone is 1. The number of fused-ring (bicyclic) bond motifs is 2. The number of aromatic nitrogens is 3. The Morgan fingerprint density at radius 1 is 1.04 bits per heavy atom. The fourth-order valence-corrected chi connectivity index (χ4v) is 5.42. The number of hydrogen-bond donors (Lipinski definition) is 0. The minimum atomic E-state index is -0.228. The first-order chi connectivity index (χ1) is 13.8. The molecule has 1 aromatic carbocycles. The third-order valence-electron chi connectivity index (χ3n) is 6.20. The van der Waals surface area contributed by atoms with Gasteiger partial charge >= 0.3 is 0 Å². The number of pyridine rings is 1. The van der Waals surface area contributed by atoms with Crippen molar-refractivity contribution in [2.75, 3.05) is 0 Å². The highest BCUT2D eigenvalue weighted by Gasteiger charge is 2.38. The minimum absolute atomic E-state index is 0.228. The Kier molecular flexibility index (Phi) is 4.77. The maximum atomic E-state index is 13.4. The van der Waals surface area contributed by atoms with Crippen molar-refractivity contribution in [1.29, 1.82) is 0 Å². The smallest absolute Gasteiger partial charge is 0.123 e. The molecular weight excluding hydrogens is 369 g/mol. The molecular formula is C23H22FN3S. The molecule has 0 bridgehead atoms. The van der Waals surface area contributed by atoms with Crippen LogP contribution in [-0.2, 0) is 6.42 Å². The van der Waals surface area contributed by atoms with Gasteiger partial charge in [-0.2, -0.15) is 8.75 Å². The highest BCUT2D eigenvalue weighted by atomic mass is 32.1. The fraction of sp³-hybridized carbons (Fsp3) is 0.348. The molecule has 3 aromatic rings. The lowest BCUT2D eigenvalue weighted by Gasteiger charge is -2.39. The highest BCUT2D eigenvalue weighted by molar-refractivity contribution is 6.99. The number of nitrogens with zero attached hydrogens (tertiary/aromatic N) is 3. The number of halogens is 1. The van der Waals surface area contributed by atoms with Gasteiger partial charge in [-0.15, -0.1) is 0 Å². The molecule has 0 amide bonds. The van der Waals surface area contributed by atoms with Crippen LogP contribution >= 0.6 is 11.7 Å². The molecule has 0 N–H and O–H groups in total. The first-order valence-electron chi connectivity index (χ1n) is 9.99. The molecule has 0 spiro atoms. The van der Waals surface area contributed by atoms with Crippen LogP contribution in [0.2, 0.25) is 0 Å². The van der Waals surface area contributed by atoms with E-state index in [9.17, 15) is 4.39 Å². The second-order valence-electron chi connectivity index (χ2n) is 7.88. The lowest BCUT2D eigenvalue weighted by molar-refractivity contribution is 0.199. The Morgan fingerprint density at radius 3 is 2.82 bits per heavy atom. The lowest BCUT2D eigenvalue weighted by atomic mass is 9.66. The molecule has 2 aliphatic carbocycles. The molecule has 3 unspecified atom stereocenters. The summed E-state index contributed by atoms with van der Waals surface area (Å²) in [6.07, 6.45) is 12.6. The van der Waals surface area contributed by atoms with Crippen molar-refractivity contribution in [3.8, 4) is 11.1 Å². The molecule has 2 aliphatic rings. The molecule has 3 atom stereocenters. The van der Waals surface area contributed by atoms with Crippen molar-refractivity contribution < 1.29 is 4.39 Å². The maximum Gasteiger partial charge on any atom is 0.123 e. The van der Waals surface area contributed by atoms with E-state index < -0.39 is 0 Å². The molecule has 0 radical (unpaired) electrons. The molecule has 1 saturated carbocycles. The molecule has 1 fully saturated rings. The normalized spacial score (nSPS) is 24.1. The summed E-state index contributed by atoms with van der Waals surface area (Å²) < 4.78 is 22.6. The van der Waals surface area contributed by atoms with Gasteiger partial charge in [0.2, 0.25) is 0 Å². The van der Waals surface area contributed by atoms with Crippen molar-refractivity contribution in [3.63, 3.8) is 0 Å². The van der Waals surface area contributed by atoms with E-state index in [0.717, 1.165) is 29.2 Å². The first-order valence-corrected chi connectivity index (χ1v) is 10.7. The Bertz CT molecular complexity index is 995. The summed E-state index contributed by atoms with van der Waals surface area (Å²) >= 11 is 1.35. The van der Waals surface area contributed by atoms with Crippen molar-refractivity contribution >= 4 is 17.8 Å². The Balaban J connectivity index is 1.39. The number of benzene rings is 1. The van der Waals surface area contributed by atoms with Gasteiger partial charge in [-0.25, -0.2) is 4.39 Å². The van der Waals surface area contributed by atoms with E-state index in [0.29, 0.717) is 11.8 Å². The Morgan fingerprint density at radius 2 is 1.96 bits per heavy atom. The van der Waals surface area contributed by atoms with Crippen LogP contribution in [0.4, 0.5) is 4.39 Å². The predicted octanol–water partition coefficient (Wildman–Crippen LogP) is 5.90.